The average molecular weight is 280 g/mol. The van der Waals surface area contributed by atoms with E-state index in [0.717, 1.165) is 20.9 Å². The van der Waals surface area contributed by atoms with E-state index in [9.17, 15) is 4.79 Å². The predicted octanol–water partition coefficient (Wildman–Crippen LogP) is 3.95. The molecule has 1 heterocycles. The molecule has 0 atom stereocenters. The number of nitrogens with one attached hydrogen (secondary N) is 1. The molecule has 18 heavy (non-hydrogen) atoms. The normalized spacial score (nSPS) is 10.4. The van der Waals surface area contributed by atoms with Crippen molar-refractivity contribution in [2.45, 2.75) is 20.4 Å². The molecule has 0 spiro atoms. The zero-order valence-electron chi connectivity index (χ0n) is 10.3. The molecule has 0 aliphatic heterocycles. The molecule has 2 nitrogen and oxygen atoms in total. The monoisotopic (exact) mass is 279 g/mol. The zero-order valence-corrected chi connectivity index (χ0v) is 11.9. The maximum Gasteiger partial charge on any atom is 0.252 e. The van der Waals surface area contributed by atoms with Crippen molar-refractivity contribution < 1.29 is 4.79 Å². The van der Waals surface area contributed by atoms with Gasteiger partial charge in [-0.3, -0.25) is 4.79 Å². The maximum absolute atomic E-state index is 12.0. The number of aryl methyl sites for hydroxylation is 2. The molecule has 0 saturated heterocycles. The SMILES string of the molecule is Cc1cc(C(=O)NCc2ccc(Cl)cc2)c(C)s1. The maximum atomic E-state index is 12.0. The topological polar surface area (TPSA) is 29.1 Å². The van der Waals surface area contributed by atoms with Gasteiger partial charge in [0.1, 0.15) is 0 Å². The van der Waals surface area contributed by atoms with Crippen LogP contribution in [-0.2, 0) is 6.54 Å². The Labute approximate surface area is 116 Å². The molecular formula is C14H14ClNOS. The first-order chi connectivity index (χ1) is 8.56. The standard InChI is InChI=1S/C14H14ClNOS/c1-9-7-13(10(2)18-9)14(17)16-8-11-3-5-12(15)6-4-11/h3-7H,8H2,1-2H3,(H,16,17). The van der Waals surface area contributed by atoms with Crippen LogP contribution in [0.3, 0.4) is 0 Å². The fraction of sp³-hybridized carbons (Fsp3) is 0.214. The summed E-state index contributed by atoms with van der Waals surface area (Å²) >= 11 is 7.45. The third-order valence-corrected chi connectivity index (χ3v) is 3.87. The van der Waals surface area contributed by atoms with Crippen molar-refractivity contribution in [1.29, 1.82) is 0 Å². The number of halogens is 1. The van der Waals surface area contributed by atoms with Gasteiger partial charge in [0, 0.05) is 21.3 Å². The van der Waals surface area contributed by atoms with Gasteiger partial charge < -0.3 is 5.32 Å². The third kappa shape index (κ3) is 3.12. The highest BCUT2D eigenvalue weighted by molar-refractivity contribution is 7.12. The molecule has 0 saturated carbocycles. The van der Waals surface area contributed by atoms with E-state index in [1.54, 1.807) is 11.3 Å². The molecule has 0 unspecified atom stereocenters. The fourth-order valence-electron chi connectivity index (χ4n) is 1.74. The summed E-state index contributed by atoms with van der Waals surface area (Å²) in [6.07, 6.45) is 0. The Balaban J connectivity index is 2.00. The molecule has 4 heteroatoms. The van der Waals surface area contributed by atoms with Crippen molar-refractivity contribution in [3.8, 4) is 0 Å². The number of rotatable bonds is 3. The van der Waals surface area contributed by atoms with Gasteiger partial charge in [-0.1, -0.05) is 23.7 Å². The molecule has 0 radical (unpaired) electrons. The van der Waals surface area contributed by atoms with Crippen LogP contribution in [0.4, 0.5) is 0 Å². The van der Waals surface area contributed by atoms with Gasteiger partial charge in [-0.25, -0.2) is 0 Å². The molecule has 0 aliphatic carbocycles. The smallest absolute Gasteiger partial charge is 0.252 e. The summed E-state index contributed by atoms with van der Waals surface area (Å²) in [6, 6.07) is 9.39. The molecule has 1 aromatic heterocycles. The zero-order chi connectivity index (χ0) is 13.1. The second-order valence-electron chi connectivity index (χ2n) is 4.14. The van der Waals surface area contributed by atoms with Crippen molar-refractivity contribution in [1.82, 2.24) is 5.32 Å². The van der Waals surface area contributed by atoms with Gasteiger partial charge in [0.25, 0.3) is 5.91 Å². The molecule has 0 fully saturated rings. The largest absolute Gasteiger partial charge is 0.348 e. The van der Waals surface area contributed by atoms with Crippen molar-refractivity contribution in [2.24, 2.45) is 0 Å². The summed E-state index contributed by atoms with van der Waals surface area (Å²) in [6.45, 7) is 4.49. The Bertz CT molecular complexity index is 560. The minimum absolute atomic E-state index is 0.0215. The van der Waals surface area contributed by atoms with Crippen LogP contribution in [0.15, 0.2) is 30.3 Å². The lowest BCUT2D eigenvalue weighted by Gasteiger charge is -2.05. The van der Waals surface area contributed by atoms with Crippen LogP contribution in [0.1, 0.15) is 25.7 Å². The van der Waals surface area contributed by atoms with E-state index >= 15 is 0 Å². The van der Waals surface area contributed by atoms with Crippen molar-refractivity contribution in [3.63, 3.8) is 0 Å². The van der Waals surface area contributed by atoms with Crippen LogP contribution in [0.2, 0.25) is 5.02 Å². The van der Waals surface area contributed by atoms with E-state index in [2.05, 4.69) is 5.32 Å². The summed E-state index contributed by atoms with van der Waals surface area (Å²) in [5, 5.41) is 3.62. The van der Waals surface area contributed by atoms with E-state index in [0.29, 0.717) is 11.6 Å². The van der Waals surface area contributed by atoms with E-state index in [1.807, 2.05) is 44.2 Å². The van der Waals surface area contributed by atoms with Gasteiger partial charge in [-0.05, 0) is 37.6 Å². The Morgan fingerprint density at radius 1 is 1.28 bits per heavy atom. The summed E-state index contributed by atoms with van der Waals surface area (Å²) < 4.78 is 0. The molecule has 1 N–H and O–H groups in total. The Morgan fingerprint density at radius 2 is 1.94 bits per heavy atom. The Hall–Kier alpha value is -1.32. The van der Waals surface area contributed by atoms with Gasteiger partial charge in [-0.2, -0.15) is 0 Å². The van der Waals surface area contributed by atoms with E-state index in [-0.39, 0.29) is 5.91 Å². The molecule has 2 rings (SSSR count). The summed E-state index contributed by atoms with van der Waals surface area (Å²) in [5.74, 6) is -0.0215. The van der Waals surface area contributed by atoms with Crippen LogP contribution in [0.25, 0.3) is 0 Å². The summed E-state index contributed by atoms with van der Waals surface area (Å²) in [4.78, 5) is 14.2. The third-order valence-electron chi connectivity index (χ3n) is 2.65. The van der Waals surface area contributed by atoms with Gasteiger partial charge in [0.05, 0.1) is 5.56 Å². The molecule has 0 aliphatic rings. The number of thiophene rings is 1. The highest BCUT2D eigenvalue weighted by Crippen LogP contribution is 2.20. The summed E-state index contributed by atoms with van der Waals surface area (Å²) in [5.41, 5.74) is 1.81. The number of hydrogen-bond donors (Lipinski definition) is 1. The van der Waals surface area contributed by atoms with Crippen molar-refractivity contribution in [3.05, 3.63) is 56.2 Å². The molecular weight excluding hydrogens is 266 g/mol. The molecule has 1 amide bonds. The summed E-state index contributed by atoms with van der Waals surface area (Å²) in [7, 11) is 0. The lowest BCUT2D eigenvalue weighted by Crippen LogP contribution is -2.22. The van der Waals surface area contributed by atoms with Gasteiger partial charge in [-0.15, -0.1) is 11.3 Å². The highest BCUT2D eigenvalue weighted by atomic mass is 35.5. The van der Waals surface area contributed by atoms with Crippen LogP contribution in [0, 0.1) is 13.8 Å². The van der Waals surface area contributed by atoms with Crippen LogP contribution < -0.4 is 5.32 Å². The number of amides is 1. The average Bonchev–Trinajstić information content (AvgIpc) is 2.67. The Kier molecular flexibility index (Phi) is 4.04. The number of carbonyl (C=O) groups is 1. The molecule has 2 aromatic rings. The molecule has 1 aromatic carbocycles. The quantitative estimate of drug-likeness (QED) is 0.906. The second-order valence-corrected chi connectivity index (χ2v) is 6.03. The van der Waals surface area contributed by atoms with Gasteiger partial charge >= 0.3 is 0 Å². The fourth-order valence-corrected chi connectivity index (χ4v) is 2.78. The van der Waals surface area contributed by atoms with Gasteiger partial charge in [0.2, 0.25) is 0 Å². The number of benzene rings is 1. The first-order valence-corrected chi connectivity index (χ1v) is 6.85. The van der Waals surface area contributed by atoms with Crippen molar-refractivity contribution >= 4 is 28.8 Å². The van der Waals surface area contributed by atoms with Crippen LogP contribution >= 0.6 is 22.9 Å². The molecule has 94 valence electrons. The van der Waals surface area contributed by atoms with Crippen LogP contribution in [-0.4, -0.2) is 5.91 Å². The molecule has 0 bridgehead atoms. The predicted molar refractivity (Wildman–Crippen MR) is 76.4 cm³/mol. The van der Waals surface area contributed by atoms with Crippen LogP contribution in [0.5, 0.6) is 0 Å². The van der Waals surface area contributed by atoms with E-state index in [1.165, 1.54) is 0 Å². The highest BCUT2D eigenvalue weighted by Gasteiger charge is 2.11. The minimum atomic E-state index is -0.0215. The lowest BCUT2D eigenvalue weighted by atomic mass is 10.2. The van der Waals surface area contributed by atoms with Gasteiger partial charge in [0.15, 0.2) is 0 Å². The van der Waals surface area contributed by atoms with E-state index < -0.39 is 0 Å². The first kappa shape index (κ1) is 13.1. The Morgan fingerprint density at radius 3 is 2.50 bits per heavy atom. The lowest BCUT2D eigenvalue weighted by molar-refractivity contribution is 0.0951. The van der Waals surface area contributed by atoms with Crippen molar-refractivity contribution in [2.75, 3.05) is 0 Å². The van der Waals surface area contributed by atoms with E-state index in [4.69, 9.17) is 11.6 Å². The number of carbonyl (C=O) groups excluding carboxylic acids is 1. The minimum Gasteiger partial charge on any atom is -0.348 e. The second kappa shape index (κ2) is 5.55. The number of hydrogen-bond acceptors (Lipinski definition) is 2. The first-order valence-electron chi connectivity index (χ1n) is 5.66.